The largest absolute Gasteiger partial charge is 0.486 e. The van der Waals surface area contributed by atoms with Crippen LogP contribution in [0.5, 0.6) is 5.75 Å². The molecular weight excluding hydrogens is 295 g/mol. The van der Waals surface area contributed by atoms with E-state index < -0.39 is 0 Å². The van der Waals surface area contributed by atoms with E-state index in [9.17, 15) is 4.39 Å². The molecule has 1 aromatic rings. The molecule has 2 N–H and O–H groups in total. The van der Waals surface area contributed by atoms with Crippen LogP contribution >= 0.6 is 0 Å². The molecule has 0 aliphatic carbocycles. The van der Waals surface area contributed by atoms with Crippen molar-refractivity contribution in [1.82, 2.24) is 15.5 Å². The second-order valence-electron chi connectivity index (χ2n) is 6.11. The second-order valence-corrected chi connectivity index (χ2v) is 6.11. The van der Waals surface area contributed by atoms with Crippen LogP contribution in [0.3, 0.4) is 0 Å². The molecule has 2 unspecified atom stereocenters. The highest BCUT2D eigenvalue weighted by atomic mass is 19.1. The first kappa shape index (κ1) is 17.5. The maximum Gasteiger partial charge on any atom is 0.191 e. The monoisotopic (exact) mass is 322 g/mol. The highest BCUT2D eigenvalue weighted by Gasteiger charge is 2.19. The number of para-hydroxylation sites is 1. The Bertz CT molecular complexity index is 523. The van der Waals surface area contributed by atoms with E-state index in [1.165, 1.54) is 12.5 Å². The standard InChI is InChI=1S/C17H27FN4O/c1-13(23-16-7-5-4-6-15(16)18)10-20-17(19-2)21-11-14-8-9-22(3)12-14/h4-7,13-14H,8-12H2,1-3H3,(H2,19,20,21). The molecule has 6 heteroatoms. The molecule has 0 radical (unpaired) electrons. The number of aliphatic imine (C=N–C) groups is 1. The zero-order valence-corrected chi connectivity index (χ0v) is 14.2. The summed E-state index contributed by atoms with van der Waals surface area (Å²) >= 11 is 0. The van der Waals surface area contributed by atoms with Crippen molar-refractivity contribution in [3.63, 3.8) is 0 Å². The first-order chi connectivity index (χ1) is 11.1. The molecular formula is C17H27FN4O. The number of benzene rings is 1. The lowest BCUT2D eigenvalue weighted by Crippen LogP contribution is -2.43. The molecule has 1 aliphatic heterocycles. The molecule has 5 nitrogen and oxygen atoms in total. The van der Waals surface area contributed by atoms with E-state index in [0.717, 1.165) is 25.6 Å². The predicted molar refractivity (Wildman–Crippen MR) is 91.5 cm³/mol. The number of rotatable bonds is 6. The minimum Gasteiger partial charge on any atom is -0.486 e. The predicted octanol–water partition coefficient (Wildman–Crippen LogP) is 1.71. The molecule has 0 aromatic heterocycles. The summed E-state index contributed by atoms with van der Waals surface area (Å²) in [5, 5.41) is 6.57. The van der Waals surface area contributed by atoms with Crippen LogP contribution < -0.4 is 15.4 Å². The van der Waals surface area contributed by atoms with Gasteiger partial charge in [0.05, 0.1) is 6.54 Å². The summed E-state index contributed by atoms with van der Waals surface area (Å²) in [6.07, 6.45) is 1.05. The van der Waals surface area contributed by atoms with Crippen molar-refractivity contribution in [3.05, 3.63) is 30.1 Å². The maximum atomic E-state index is 13.6. The van der Waals surface area contributed by atoms with Crippen molar-refractivity contribution in [2.75, 3.05) is 40.3 Å². The van der Waals surface area contributed by atoms with Crippen LogP contribution in [0, 0.1) is 11.7 Å². The van der Waals surface area contributed by atoms with E-state index in [2.05, 4.69) is 27.6 Å². The lowest BCUT2D eigenvalue weighted by atomic mass is 10.1. The van der Waals surface area contributed by atoms with Crippen LogP contribution in [0.25, 0.3) is 0 Å². The Morgan fingerprint density at radius 2 is 2.22 bits per heavy atom. The van der Waals surface area contributed by atoms with E-state index in [4.69, 9.17) is 4.74 Å². The van der Waals surface area contributed by atoms with Crippen LogP contribution in [0.15, 0.2) is 29.3 Å². The number of ether oxygens (including phenoxy) is 1. The number of hydrogen-bond donors (Lipinski definition) is 2. The highest BCUT2D eigenvalue weighted by molar-refractivity contribution is 5.79. The molecule has 128 valence electrons. The van der Waals surface area contributed by atoms with Gasteiger partial charge < -0.3 is 20.3 Å². The number of guanidine groups is 1. The summed E-state index contributed by atoms with van der Waals surface area (Å²) in [5.41, 5.74) is 0. The van der Waals surface area contributed by atoms with Crippen molar-refractivity contribution >= 4 is 5.96 Å². The van der Waals surface area contributed by atoms with Crippen LogP contribution in [0.4, 0.5) is 4.39 Å². The Kier molecular flexibility index (Phi) is 6.65. The summed E-state index contributed by atoms with van der Waals surface area (Å²) < 4.78 is 19.2. The fraction of sp³-hybridized carbons (Fsp3) is 0.588. The van der Waals surface area contributed by atoms with E-state index >= 15 is 0 Å². The van der Waals surface area contributed by atoms with Gasteiger partial charge in [-0.15, -0.1) is 0 Å². The van der Waals surface area contributed by atoms with Gasteiger partial charge in [0.25, 0.3) is 0 Å². The van der Waals surface area contributed by atoms with Gasteiger partial charge >= 0.3 is 0 Å². The Labute approximate surface area is 137 Å². The molecule has 1 aliphatic rings. The Balaban J connectivity index is 1.71. The number of halogens is 1. The smallest absolute Gasteiger partial charge is 0.191 e. The molecule has 1 saturated heterocycles. The van der Waals surface area contributed by atoms with Crippen molar-refractivity contribution in [2.45, 2.75) is 19.4 Å². The van der Waals surface area contributed by atoms with E-state index in [1.807, 2.05) is 6.92 Å². The number of likely N-dealkylation sites (tertiary alicyclic amines) is 1. The van der Waals surface area contributed by atoms with Crippen molar-refractivity contribution in [1.29, 1.82) is 0 Å². The third-order valence-electron chi connectivity index (χ3n) is 3.99. The summed E-state index contributed by atoms with van der Waals surface area (Å²) in [5.74, 6) is 1.35. The number of nitrogens with one attached hydrogen (secondary N) is 2. The lowest BCUT2D eigenvalue weighted by Gasteiger charge is -2.19. The quantitative estimate of drug-likeness (QED) is 0.618. The van der Waals surface area contributed by atoms with Crippen LogP contribution in [0.2, 0.25) is 0 Å². The van der Waals surface area contributed by atoms with Gasteiger partial charge in [0, 0.05) is 20.1 Å². The summed E-state index contributed by atoms with van der Waals surface area (Å²) in [6, 6.07) is 6.44. The first-order valence-corrected chi connectivity index (χ1v) is 8.12. The van der Waals surface area contributed by atoms with Crippen molar-refractivity contribution in [2.24, 2.45) is 10.9 Å². The van der Waals surface area contributed by atoms with E-state index in [1.54, 1.807) is 25.2 Å². The fourth-order valence-corrected chi connectivity index (χ4v) is 2.69. The SMILES string of the molecule is CN=C(NCC1CCN(C)C1)NCC(C)Oc1ccccc1F. The normalized spacial score (nSPS) is 20.3. The number of nitrogens with zero attached hydrogens (tertiary/aromatic N) is 2. The molecule has 1 fully saturated rings. The zero-order valence-electron chi connectivity index (χ0n) is 14.2. The van der Waals surface area contributed by atoms with Crippen LogP contribution in [0.1, 0.15) is 13.3 Å². The molecule has 1 aromatic carbocycles. The zero-order chi connectivity index (χ0) is 16.7. The van der Waals surface area contributed by atoms with Gasteiger partial charge in [-0.1, -0.05) is 12.1 Å². The molecule has 0 spiro atoms. The Hall–Kier alpha value is -1.82. The second kappa shape index (κ2) is 8.72. The lowest BCUT2D eigenvalue weighted by molar-refractivity contribution is 0.214. The van der Waals surface area contributed by atoms with Gasteiger partial charge in [0.1, 0.15) is 6.10 Å². The van der Waals surface area contributed by atoms with Gasteiger partial charge in [-0.3, -0.25) is 4.99 Å². The van der Waals surface area contributed by atoms with Gasteiger partial charge in [-0.25, -0.2) is 4.39 Å². The summed E-state index contributed by atoms with van der Waals surface area (Å²) in [7, 11) is 3.90. The molecule has 0 amide bonds. The van der Waals surface area contributed by atoms with Crippen molar-refractivity contribution in [3.8, 4) is 5.75 Å². The third kappa shape index (κ3) is 5.71. The molecule has 0 saturated carbocycles. The van der Waals surface area contributed by atoms with Gasteiger partial charge in [0.15, 0.2) is 17.5 Å². The Morgan fingerprint density at radius 3 is 2.87 bits per heavy atom. The third-order valence-corrected chi connectivity index (χ3v) is 3.99. The summed E-state index contributed by atoms with van der Waals surface area (Å²) in [4.78, 5) is 6.56. The van der Waals surface area contributed by atoms with Crippen molar-refractivity contribution < 1.29 is 9.13 Å². The maximum absolute atomic E-state index is 13.6. The van der Waals surface area contributed by atoms with Gasteiger partial charge in [-0.2, -0.15) is 0 Å². The fourth-order valence-electron chi connectivity index (χ4n) is 2.69. The van der Waals surface area contributed by atoms with Crippen LogP contribution in [-0.4, -0.2) is 57.2 Å². The average molecular weight is 322 g/mol. The molecule has 2 rings (SSSR count). The first-order valence-electron chi connectivity index (χ1n) is 8.12. The Morgan fingerprint density at radius 1 is 1.43 bits per heavy atom. The molecule has 1 heterocycles. The molecule has 23 heavy (non-hydrogen) atoms. The molecule has 0 bridgehead atoms. The highest BCUT2D eigenvalue weighted by Crippen LogP contribution is 2.16. The van der Waals surface area contributed by atoms with E-state index in [-0.39, 0.29) is 17.7 Å². The average Bonchev–Trinajstić information content (AvgIpc) is 2.95. The molecule has 2 atom stereocenters. The minimum atomic E-state index is -0.341. The van der Waals surface area contributed by atoms with Gasteiger partial charge in [0.2, 0.25) is 0 Å². The van der Waals surface area contributed by atoms with Crippen LogP contribution in [-0.2, 0) is 0 Å². The number of hydrogen-bond acceptors (Lipinski definition) is 3. The van der Waals surface area contributed by atoms with Gasteiger partial charge in [-0.05, 0) is 45.0 Å². The minimum absolute atomic E-state index is 0.164. The summed E-state index contributed by atoms with van der Waals surface area (Å²) in [6.45, 7) is 5.65. The topological polar surface area (TPSA) is 48.9 Å². The van der Waals surface area contributed by atoms with E-state index in [0.29, 0.717) is 12.5 Å².